The van der Waals surface area contributed by atoms with E-state index < -0.39 is 9.84 Å². The van der Waals surface area contributed by atoms with Crippen LogP contribution in [0.5, 0.6) is 0 Å². The molecule has 1 aliphatic carbocycles. The Hall–Kier alpha value is -1.27. The van der Waals surface area contributed by atoms with Gasteiger partial charge in [0.25, 0.3) is 0 Å². The lowest BCUT2D eigenvalue weighted by Gasteiger charge is -2.18. The summed E-state index contributed by atoms with van der Waals surface area (Å²) in [5, 5.41) is 6.32. The third kappa shape index (κ3) is 3.55. The molecule has 1 aromatic rings. The average molecular weight is 343 g/mol. The number of carbonyl (C=O) groups excluding carboxylic acids is 1. The van der Waals surface area contributed by atoms with E-state index >= 15 is 0 Å². The van der Waals surface area contributed by atoms with Crippen LogP contribution in [0.4, 0.5) is 4.79 Å². The predicted octanol–water partition coefficient (Wildman–Crippen LogP) is 1.86. The Labute approximate surface area is 135 Å². The van der Waals surface area contributed by atoms with Gasteiger partial charge in [0, 0.05) is 23.0 Å². The monoisotopic (exact) mass is 342 g/mol. The second-order valence-electron chi connectivity index (χ2n) is 6.21. The van der Waals surface area contributed by atoms with Crippen molar-refractivity contribution in [3.8, 4) is 0 Å². The van der Waals surface area contributed by atoms with Crippen LogP contribution in [0.2, 0.25) is 5.02 Å². The Balaban J connectivity index is 1.52. The summed E-state index contributed by atoms with van der Waals surface area (Å²) in [7, 11) is -2.97. The van der Waals surface area contributed by atoms with Crippen LogP contribution in [0.3, 0.4) is 0 Å². The van der Waals surface area contributed by atoms with Gasteiger partial charge in [0.05, 0.1) is 11.5 Å². The highest BCUT2D eigenvalue weighted by atomic mass is 35.5. The molecule has 2 N–H and O–H groups in total. The van der Waals surface area contributed by atoms with E-state index in [1.165, 1.54) is 5.56 Å². The molecule has 2 aliphatic rings. The van der Waals surface area contributed by atoms with Crippen molar-refractivity contribution in [3.05, 3.63) is 34.9 Å². The molecule has 2 fully saturated rings. The maximum atomic E-state index is 11.9. The average Bonchev–Trinajstić information content (AvgIpc) is 3.17. The number of halogens is 1. The summed E-state index contributed by atoms with van der Waals surface area (Å²) in [6.07, 6.45) is 2.57. The highest BCUT2D eigenvalue weighted by Gasteiger charge is 2.44. The lowest BCUT2D eigenvalue weighted by molar-refractivity contribution is 0.237. The van der Waals surface area contributed by atoms with Crippen molar-refractivity contribution in [3.63, 3.8) is 0 Å². The van der Waals surface area contributed by atoms with Gasteiger partial charge in [-0.15, -0.1) is 0 Å². The Bertz CT molecular complexity index is 669. The summed E-state index contributed by atoms with van der Waals surface area (Å²) in [5.41, 5.74) is 1.18. The minimum atomic E-state index is -2.97. The summed E-state index contributed by atoms with van der Waals surface area (Å²) in [4.78, 5) is 11.9. The Morgan fingerprint density at radius 3 is 2.50 bits per heavy atom. The van der Waals surface area contributed by atoms with Crippen LogP contribution in [0, 0.1) is 0 Å². The van der Waals surface area contributed by atoms with Crippen molar-refractivity contribution in [1.29, 1.82) is 0 Å². The molecule has 120 valence electrons. The van der Waals surface area contributed by atoms with Gasteiger partial charge in [-0.1, -0.05) is 23.7 Å². The van der Waals surface area contributed by atoms with E-state index in [4.69, 9.17) is 11.6 Å². The fraction of sp³-hybridized carbons (Fsp3) is 0.533. The van der Waals surface area contributed by atoms with E-state index in [-0.39, 0.29) is 29.0 Å². The number of hydrogen-bond acceptors (Lipinski definition) is 3. The molecule has 7 heteroatoms. The second kappa shape index (κ2) is 5.74. The number of nitrogens with one attached hydrogen (secondary N) is 2. The molecule has 3 rings (SSSR count). The van der Waals surface area contributed by atoms with Gasteiger partial charge >= 0.3 is 6.03 Å². The first-order valence-corrected chi connectivity index (χ1v) is 9.59. The van der Waals surface area contributed by atoms with Crippen molar-refractivity contribution in [2.45, 2.75) is 30.7 Å². The number of hydrogen-bond donors (Lipinski definition) is 2. The van der Waals surface area contributed by atoms with Crippen LogP contribution < -0.4 is 10.6 Å². The summed E-state index contributed by atoms with van der Waals surface area (Å²) >= 11 is 5.90. The maximum absolute atomic E-state index is 11.9. The molecule has 1 saturated heterocycles. The molecule has 0 aromatic heterocycles. The molecular formula is C15H19ClN2O3S. The van der Waals surface area contributed by atoms with Crippen molar-refractivity contribution < 1.29 is 13.2 Å². The maximum Gasteiger partial charge on any atom is 0.315 e. The molecule has 1 heterocycles. The van der Waals surface area contributed by atoms with Gasteiger partial charge in [-0.05, 0) is 37.0 Å². The van der Waals surface area contributed by atoms with Crippen LogP contribution in [0.1, 0.15) is 24.8 Å². The summed E-state index contributed by atoms with van der Waals surface area (Å²) in [5.74, 6) is 0.204. The highest BCUT2D eigenvalue weighted by Crippen LogP contribution is 2.47. The van der Waals surface area contributed by atoms with E-state index in [0.717, 1.165) is 12.8 Å². The molecule has 0 unspecified atom stereocenters. The lowest BCUT2D eigenvalue weighted by Crippen LogP contribution is -2.45. The summed E-state index contributed by atoms with van der Waals surface area (Å²) in [6.45, 7) is 0.555. The highest BCUT2D eigenvalue weighted by molar-refractivity contribution is 7.91. The van der Waals surface area contributed by atoms with E-state index in [0.29, 0.717) is 18.0 Å². The van der Waals surface area contributed by atoms with Crippen LogP contribution in [0.15, 0.2) is 24.3 Å². The van der Waals surface area contributed by atoms with Gasteiger partial charge < -0.3 is 10.6 Å². The number of benzene rings is 1. The summed E-state index contributed by atoms with van der Waals surface area (Å²) < 4.78 is 22.8. The van der Waals surface area contributed by atoms with Gasteiger partial charge in [-0.25, -0.2) is 13.2 Å². The van der Waals surface area contributed by atoms with Crippen LogP contribution in [-0.4, -0.2) is 38.5 Å². The van der Waals surface area contributed by atoms with E-state index in [9.17, 15) is 13.2 Å². The molecule has 5 nitrogen and oxygen atoms in total. The van der Waals surface area contributed by atoms with Gasteiger partial charge in [0.15, 0.2) is 9.84 Å². The third-order valence-corrected chi connectivity index (χ3v) is 6.49. The Morgan fingerprint density at radius 2 is 1.95 bits per heavy atom. The topological polar surface area (TPSA) is 75.3 Å². The molecule has 0 spiro atoms. The first kappa shape index (κ1) is 15.6. The SMILES string of the molecule is O=C(NCC1(c2ccc(Cl)cc2)CC1)N[C@H]1CCS(=O)(=O)C1. The number of carbonyl (C=O) groups is 1. The molecule has 1 atom stereocenters. The fourth-order valence-electron chi connectivity index (χ4n) is 2.92. The number of rotatable bonds is 4. The molecule has 0 radical (unpaired) electrons. The summed E-state index contributed by atoms with van der Waals surface area (Å²) in [6, 6.07) is 7.16. The zero-order valence-electron chi connectivity index (χ0n) is 12.1. The Kier molecular flexibility index (Phi) is 4.07. The first-order valence-electron chi connectivity index (χ1n) is 7.39. The van der Waals surface area contributed by atoms with Crippen LogP contribution >= 0.6 is 11.6 Å². The number of amides is 2. The normalized spacial score (nSPS) is 24.7. The first-order chi connectivity index (χ1) is 10.4. The van der Waals surface area contributed by atoms with E-state index in [2.05, 4.69) is 10.6 Å². The van der Waals surface area contributed by atoms with E-state index in [1.807, 2.05) is 24.3 Å². The van der Waals surface area contributed by atoms with Gasteiger partial charge in [0.2, 0.25) is 0 Å². The quantitative estimate of drug-likeness (QED) is 0.877. The standard InChI is InChI=1S/C15H19ClN2O3S/c16-12-3-1-11(2-4-12)15(6-7-15)10-17-14(19)18-13-5-8-22(20,21)9-13/h1-4,13H,5-10H2,(H2,17,18,19)/t13-/m0/s1. The minimum absolute atomic E-state index is 0.00365. The number of sulfone groups is 1. The number of urea groups is 1. The van der Waals surface area contributed by atoms with Gasteiger partial charge in [-0.2, -0.15) is 0 Å². The van der Waals surface area contributed by atoms with Crippen molar-refractivity contribution in [1.82, 2.24) is 10.6 Å². The van der Waals surface area contributed by atoms with Gasteiger partial charge in [-0.3, -0.25) is 0 Å². The van der Waals surface area contributed by atoms with Crippen LogP contribution in [-0.2, 0) is 15.3 Å². The largest absolute Gasteiger partial charge is 0.337 e. The molecule has 1 saturated carbocycles. The second-order valence-corrected chi connectivity index (χ2v) is 8.88. The Morgan fingerprint density at radius 1 is 1.27 bits per heavy atom. The molecule has 1 aliphatic heterocycles. The van der Waals surface area contributed by atoms with Crippen molar-refractivity contribution in [2.75, 3.05) is 18.1 Å². The fourth-order valence-corrected chi connectivity index (χ4v) is 4.72. The molecule has 22 heavy (non-hydrogen) atoms. The predicted molar refractivity (Wildman–Crippen MR) is 86.0 cm³/mol. The van der Waals surface area contributed by atoms with Crippen LogP contribution in [0.25, 0.3) is 0 Å². The third-order valence-electron chi connectivity index (χ3n) is 4.47. The molecule has 0 bridgehead atoms. The van der Waals surface area contributed by atoms with Gasteiger partial charge in [0.1, 0.15) is 0 Å². The smallest absolute Gasteiger partial charge is 0.315 e. The zero-order chi connectivity index (χ0) is 15.8. The molecular weight excluding hydrogens is 324 g/mol. The molecule has 2 amide bonds. The minimum Gasteiger partial charge on any atom is -0.337 e. The van der Waals surface area contributed by atoms with Crippen molar-refractivity contribution in [2.24, 2.45) is 0 Å². The van der Waals surface area contributed by atoms with Crippen molar-refractivity contribution >= 4 is 27.5 Å². The lowest BCUT2D eigenvalue weighted by atomic mass is 9.96. The molecule has 1 aromatic carbocycles. The van der Waals surface area contributed by atoms with E-state index in [1.54, 1.807) is 0 Å². The zero-order valence-corrected chi connectivity index (χ0v) is 13.7.